The van der Waals surface area contributed by atoms with Crippen LogP contribution in [0, 0.1) is 12.8 Å². The average Bonchev–Trinajstić information content (AvgIpc) is 3.29. The first-order valence-electron chi connectivity index (χ1n) is 8.77. The molecule has 2 heterocycles. The van der Waals surface area contributed by atoms with Gasteiger partial charge in [0.1, 0.15) is 6.10 Å². The largest absolute Gasteiger partial charge is 0.390 e. The molecule has 4 rings (SSSR count). The van der Waals surface area contributed by atoms with E-state index in [-0.39, 0.29) is 17.9 Å². The van der Waals surface area contributed by atoms with Crippen LogP contribution in [-0.4, -0.2) is 34.5 Å². The van der Waals surface area contributed by atoms with Crippen LogP contribution >= 0.6 is 0 Å². The second kappa shape index (κ2) is 6.70. The van der Waals surface area contributed by atoms with E-state index in [0.717, 1.165) is 42.7 Å². The number of aromatic amines is 1. The molecule has 0 spiro atoms. The van der Waals surface area contributed by atoms with Gasteiger partial charge in [0.25, 0.3) is 0 Å². The standard InChI is InChI=1S/C19H22N4O2/c1-12-2-4-13(5-3-12)18-9-16(25-23-18)11-20-19(24)14-6-7-15-10-21-22-17(15)8-14/h2-5,10,14,16H,6-9,11H2,1H3,(H,20,24)(H,21,22). The van der Waals surface area contributed by atoms with Gasteiger partial charge >= 0.3 is 0 Å². The van der Waals surface area contributed by atoms with Crippen molar-refractivity contribution >= 4 is 11.6 Å². The molecule has 0 radical (unpaired) electrons. The number of benzene rings is 1. The van der Waals surface area contributed by atoms with Crippen molar-refractivity contribution in [3.05, 3.63) is 52.8 Å². The fraction of sp³-hybridized carbons (Fsp3) is 0.421. The van der Waals surface area contributed by atoms with Gasteiger partial charge in [0.15, 0.2) is 0 Å². The lowest BCUT2D eigenvalue weighted by Gasteiger charge is -2.21. The first kappa shape index (κ1) is 15.9. The Morgan fingerprint density at radius 1 is 1.32 bits per heavy atom. The van der Waals surface area contributed by atoms with Crippen LogP contribution in [-0.2, 0) is 22.5 Å². The molecule has 1 aliphatic carbocycles. The van der Waals surface area contributed by atoms with Gasteiger partial charge in [-0.3, -0.25) is 9.89 Å². The lowest BCUT2D eigenvalue weighted by Crippen LogP contribution is -2.38. The second-order valence-corrected chi connectivity index (χ2v) is 6.89. The van der Waals surface area contributed by atoms with Crippen molar-refractivity contribution in [3.63, 3.8) is 0 Å². The normalized spacial score (nSPS) is 22.0. The Balaban J connectivity index is 1.27. The van der Waals surface area contributed by atoms with Crippen molar-refractivity contribution < 1.29 is 9.63 Å². The molecular weight excluding hydrogens is 316 g/mol. The van der Waals surface area contributed by atoms with Gasteiger partial charge in [0.2, 0.25) is 5.91 Å². The van der Waals surface area contributed by atoms with Crippen LogP contribution in [0.4, 0.5) is 0 Å². The SMILES string of the molecule is Cc1ccc(C2=NOC(CNC(=O)C3CCc4cn[nH]c4C3)C2)cc1. The summed E-state index contributed by atoms with van der Waals surface area (Å²) >= 11 is 0. The first-order chi connectivity index (χ1) is 12.2. The zero-order valence-corrected chi connectivity index (χ0v) is 14.3. The third kappa shape index (κ3) is 3.43. The minimum absolute atomic E-state index is 0.00633. The van der Waals surface area contributed by atoms with Crippen LogP contribution in [0.3, 0.4) is 0 Å². The van der Waals surface area contributed by atoms with Gasteiger partial charge in [-0.1, -0.05) is 35.0 Å². The number of H-pyrrole nitrogens is 1. The molecule has 1 aromatic carbocycles. The molecule has 2 unspecified atom stereocenters. The number of fused-ring (bicyclic) bond motifs is 1. The van der Waals surface area contributed by atoms with Crippen LogP contribution < -0.4 is 5.32 Å². The summed E-state index contributed by atoms with van der Waals surface area (Å²) in [6.07, 6.45) is 5.00. The van der Waals surface area contributed by atoms with Crippen molar-refractivity contribution in [1.82, 2.24) is 15.5 Å². The van der Waals surface area contributed by atoms with Gasteiger partial charge in [-0.2, -0.15) is 5.10 Å². The molecule has 6 nitrogen and oxygen atoms in total. The highest BCUT2D eigenvalue weighted by Crippen LogP contribution is 2.24. The topological polar surface area (TPSA) is 79.4 Å². The first-order valence-corrected chi connectivity index (χ1v) is 8.77. The number of carbonyl (C=O) groups is 1. The lowest BCUT2D eigenvalue weighted by atomic mass is 9.87. The summed E-state index contributed by atoms with van der Waals surface area (Å²) in [5, 5.41) is 14.3. The van der Waals surface area contributed by atoms with E-state index >= 15 is 0 Å². The van der Waals surface area contributed by atoms with E-state index in [1.54, 1.807) is 0 Å². The van der Waals surface area contributed by atoms with Crippen molar-refractivity contribution in [2.24, 2.45) is 11.1 Å². The third-order valence-corrected chi connectivity index (χ3v) is 5.01. The molecule has 6 heteroatoms. The Morgan fingerprint density at radius 2 is 2.16 bits per heavy atom. The quantitative estimate of drug-likeness (QED) is 0.896. The van der Waals surface area contributed by atoms with E-state index in [1.165, 1.54) is 11.1 Å². The van der Waals surface area contributed by atoms with Gasteiger partial charge in [0.05, 0.1) is 18.5 Å². The van der Waals surface area contributed by atoms with Gasteiger partial charge < -0.3 is 10.2 Å². The molecule has 1 aliphatic heterocycles. The van der Waals surface area contributed by atoms with E-state index in [1.807, 2.05) is 6.20 Å². The Labute approximate surface area is 146 Å². The number of rotatable bonds is 4. The highest BCUT2D eigenvalue weighted by Gasteiger charge is 2.28. The van der Waals surface area contributed by atoms with Gasteiger partial charge in [-0.15, -0.1) is 0 Å². The Bertz CT molecular complexity index is 794. The number of aryl methyl sites for hydroxylation is 2. The van der Waals surface area contributed by atoms with E-state index in [0.29, 0.717) is 6.54 Å². The molecule has 2 aliphatic rings. The van der Waals surface area contributed by atoms with Crippen LogP contribution in [0.1, 0.15) is 35.2 Å². The molecule has 2 N–H and O–H groups in total. The smallest absolute Gasteiger partial charge is 0.223 e. The van der Waals surface area contributed by atoms with Crippen LogP contribution in [0.15, 0.2) is 35.6 Å². The second-order valence-electron chi connectivity index (χ2n) is 6.89. The minimum atomic E-state index is -0.0911. The third-order valence-electron chi connectivity index (χ3n) is 5.01. The molecule has 0 fully saturated rings. The monoisotopic (exact) mass is 338 g/mol. The maximum absolute atomic E-state index is 12.4. The van der Waals surface area contributed by atoms with Gasteiger partial charge in [-0.25, -0.2) is 0 Å². The molecule has 1 amide bonds. The van der Waals surface area contributed by atoms with E-state index in [4.69, 9.17) is 4.84 Å². The fourth-order valence-corrected chi connectivity index (χ4v) is 3.45. The predicted octanol–water partition coefficient (Wildman–Crippen LogP) is 2.13. The number of carbonyl (C=O) groups excluding carboxylic acids is 1. The maximum atomic E-state index is 12.4. The summed E-state index contributed by atoms with van der Waals surface area (Å²) < 4.78 is 0. The van der Waals surface area contributed by atoms with Crippen molar-refractivity contribution in [2.75, 3.05) is 6.54 Å². The maximum Gasteiger partial charge on any atom is 0.223 e. The van der Waals surface area contributed by atoms with Crippen molar-refractivity contribution in [3.8, 4) is 0 Å². The number of oxime groups is 1. The number of nitrogens with zero attached hydrogens (tertiary/aromatic N) is 2. The van der Waals surface area contributed by atoms with Crippen LogP contribution in [0.2, 0.25) is 0 Å². The molecule has 0 saturated heterocycles. The number of nitrogens with one attached hydrogen (secondary N) is 2. The summed E-state index contributed by atoms with van der Waals surface area (Å²) in [5.74, 6) is 0.0967. The van der Waals surface area contributed by atoms with Gasteiger partial charge in [-0.05, 0) is 30.9 Å². The van der Waals surface area contributed by atoms with Crippen LogP contribution in [0.5, 0.6) is 0 Å². The minimum Gasteiger partial charge on any atom is -0.390 e. The predicted molar refractivity (Wildman–Crippen MR) is 94.3 cm³/mol. The van der Waals surface area contributed by atoms with E-state index in [2.05, 4.69) is 51.9 Å². The zero-order chi connectivity index (χ0) is 17.2. The summed E-state index contributed by atoms with van der Waals surface area (Å²) in [7, 11) is 0. The summed E-state index contributed by atoms with van der Waals surface area (Å²) in [4.78, 5) is 17.9. The molecule has 0 saturated carbocycles. The molecule has 0 bridgehead atoms. The lowest BCUT2D eigenvalue weighted by molar-refractivity contribution is -0.125. The number of hydrogen-bond acceptors (Lipinski definition) is 4. The van der Waals surface area contributed by atoms with E-state index < -0.39 is 0 Å². The Morgan fingerprint density at radius 3 is 3.00 bits per heavy atom. The number of amides is 1. The molecule has 2 atom stereocenters. The zero-order valence-electron chi connectivity index (χ0n) is 14.3. The molecular formula is C19H22N4O2. The van der Waals surface area contributed by atoms with E-state index in [9.17, 15) is 4.79 Å². The average molecular weight is 338 g/mol. The Kier molecular flexibility index (Phi) is 4.26. The van der Waals surface area contributed by atoms with Crippen molar-refractivity contribution in [1.29, 1.82) is 0 Å². The number of aromatic nitrogens is 2. The van der Waals surface area contributed by atoms with Crippen LogP contribution in [0.25, 0.3) is 0 Å². The molecule has 1 aromatic heterocycles. The molecule has 25 heavy (non-hydrogen) atoms. The highest BCUT2D eigenvalue weighted by atomic mass is 16.6. The molecule has 130 valence electrons. The summed E-state index contributed by atoms with van der Waals surface area (Å²) in [5.41, 5.74) is 5.57. The highest BCUT2D eigenvalue weighted by molar-refractivity contribution is 6.01. The Hall–Kier alpha value is -2.63. The van der Waals surface area contributed by atoms with Gasteiger partial charge in [0, 0.05) is 24.5 Å². The van der Waals surface area contributed by atoms with Crippen molar-refractivity contribution in [2.45, 2.75) is 38.7 Å². The fourth-order valence-electron chi connectivity index (χ4n) is 3.45. The molecule has 2 aromatic rings. The number of hydrogen-bond donors (Lipinski definition) is 2. The summed E-state index contributed by atoms with van der Waals surface area (Å²) in [6, 6.07) is 8.25. The summed E-state index contributed by atoms with van der Waals surface area (Å²) in [6.45, 7) is 2.55.